The van der Waals surface area contributed by atoms with E-state index >= 15 is 0 Å². The molecule has 0 saturated heterocycles. The van der Waals surface area contributed by atoms with Crippen LogP contribution in [0.1, 0.15) is 40.3 Å². The number of rotatable bonds is 8. The minimum absolute atomic E-state index is 0.0758. The van der Waals surface area contributed by atoms with Crippen LogP contribution < -0.4 is 14.8 Å². The first kappa shape index (κ1) is 22.9. The second kappa shape index (κ2) is 10.2. The van der Waals surface area contributed by atoms with Gasteiger partial charge in [0.2, 0.25) is 0 Å². The number of anilines is 1. The highest BCUT2D eigenvalue weighted by Crippen LogP contribution is 2.38. The Bertz CT molecular complexity index is 1320. The van der Waals surface area contributed by atoms with E-state index in [0.717, 1.165) is 16.8 Å². The van der Waals surface area contributed by atoms with Gasteiger partial charge in [0.05, 0.1) is 25.0 Å². The lowest BCUT2D eigenvalue weighted by atomic mass is 10.0. The Balaban J connectivity index is 1.50. The number of para-hydroxylation sites is 1. The van der Waals surface area contributed by atoms with Gasteiger partial charge >= 0.3 is 0 Å². The van der Waals surface area contributed by atoms with Gasteiger partial charge in [-0.2, -0.15) is 0 Å². The van der Waals surface area contributed by atoms with Crippen LogP contribution >= 0.6 is 11.6 Å². The molecule has 35 heavy (non-hydrogen) atoms. The highest BCUT2D eigenvalue weighted by Gasteiger charge is 2.34. The molecule has 1 aliphatic rings. The van der Waals surface area contributed by atoms with Gasteiger partial charge in [0.1, 0.15) is 18.5 Å². The maximum absolute atomic E-state index is 13.5. The van der Waals surface area contributed by atoms with E-state index in [-0.39, 0.29) is 5.91 Å². The molecule has 0 aliphatic carbocycles. The second-order valence-corrected chi connectivity index (χ2v) is 8.53. The molecule has 0 spiro atoms. The van der Waals surface area contributed by atoms with E-state index in [0.29, 0.717) is 47.6 Å². The molecule has 4 aromatic rings. The van der Waals surface area contributed by atoms with Gasteiger partial charge in [-0.3, -0.25) is 4.79 Å². The molecule has 1 amide bonds. The topological polar surface area (TPSA) is 63.9 Å². The average molecular weight is 489 g/mol. The predicted molar refractivity (Wildman–Crippen MR) is 135 cm³/mol. The maximum atomic E-state index is 13.5. The number of carbonyl (C=O) groups excluding carboxylic acids is 1. The molecule has 3 aromatic carbocycles. The van der Waals surface area contributed by atoms with E-state index in [2.05, 4.69) is 5.32 Å². The molecule has 1 atom stereocenters. The van der Waals surface area contributed by atoms with Crippen LogP contribution in [0.5, 0.6) is 11.5 Å². The molecule has 0 fully saturated rings. The Labute approximate surface area is 209 Å². The van der Waals surface area contributed by atoms with E-state index in [1.54, 1.807) is 11.2 Å². The van der Waals surface area contributed by atoms with E-state index in [1.807, 2.05) is 85.8 Å². The molecule has 5 rings (SSSR count). The highest BCUT2D eigenvalue weighted by atomic mass is 35.5. The number of carbonyl (C=O) groups is 1. The fraction of sp³-hybridized carbons (Fsp3) is 0.179. The van der Waals surface area contributed by atoms with Gasteiger partial charge in [0, 0.05) is 16.3 Å². The summed E-state index contributed by atoms with van der Waals surface area (Å²) in [5, 5.41) is 4.15. The van der Waals surface area contributed by atoms with E-state index in [1.165, 1.54) is 0 Å². The quantitative estimate of drug-likeness (QED) is 0.300. The van der Waals surface area contributed by atoms with Gasteiger partial charge in [0.25, 0.3) is 5.91 Å². The third kappa shape index (κ3) is 4.84. The molecule has 6 nitrogen and oxygen atoms in total. The lowest BCUT2D eigenvalue weighted by Gasteiger charge is -2.38. The number of furan rings is 1. The van der Waals surface area contributed by atoms with Gasteiger partial charge in [0.15, 0.2) is 11.5 Å². The largest absolute Gasteiger partial charge is 0.490 e. The summed E-state index contributed by atoms with van der Waals surface area (Å²) in [7, 11) is 0. The molecule has 0 bridgehead atoms. The molecular weight excluding hydrogens is 464 g/mol. The zero-order chi connectivity index (χ0) is 24.2. The normalized spacial score (nSPS) is 14.9. The minimum Gasteiger partial charge on any atom is -0.490 e. The van der Waals surface area contributed by atoms with Crippen LogP contribution in [0, 0.1) is 0 Å². The molecule has 1 N–H and O–H groups in total. The van der Waals surface area contributed by atoms with Crippen LogP contribution in [-0.4, -0.2) is 17.4 Å². The van der Waals surface area contributed by atoms with Crippen molar-refractivity contribution in [1.29, 1.82) is 0 Å². The van der Waals surface area contributed by atoms with Gasteiger partial charge in [-0.1, -0.05) is 48.0 Å². The van der Waals surface area contributed by atoms with Crippen molar-refractivity contribution in [2.45, 2.75) is 26.2 Å². The van der Waals surface area contributed by atoms with Crippen LogP contribution in [0.15, 0.2) is 89.5 Å². The number of hydrogen-bond donors (Lipinski definition) is 1. The summed E-state index contributed by atoms with van der Waals surface area (Å²) in [5.41, 5.74) is 3.14. The number of nitrogens with zero attached hydrogens (tertiary/aromatic N) is 1. The zero-order valence-electron chi connectivity index (χ0n) is 19.2. The van der Waals surface area contributed by atoms with Crippen LogP contribution in [0.25, 0.3) is 0 Å². The third-order valence-corrected chi connectivity index (χ3v) is 6.22. The number of fused-ring (bicyclic) bond motifs is 1. The smallest absolute Gasteiger partial charge is 0.258 e. The Kier molecular flexibility index (Phi) is 6.64. The van der Waals surface area contributed by atoms with Crippen LogP contribution in [-0.2, 0) is 13.2 Å². The Morgan fingerprint density at radius 3 is 2.60 bits per heavy atom. The monoisotopic (exact) mass is 488 g/mol. The van der Waals surface area contributed by atoms with Crippen molar-refractivity contribution >= 4 is 23.2 Å². The number of nitrogens with one attached hydrogen (secondary N) is 1. The van der Waals surface area contributed by atoms with E-state index in [4.69, 9.17) is 25.5 Å². The lowest BCUT2D eigenvalue weighted by molar-refractivity contribution is 0.0651. The van der Waals surface area contributed by atoms with Gasteiger partial charge < -0.3 is 24.1 Å². The van der Waals surface area contributed by atoms with Gasteiger partial charge in [-0.25, -0.2) is 0 Å². The van der Waals surface area contributed by atoms with Crippen molar-refractivity contribution < 1.29 is 18.7 Å². The van der Waals surface area contributed by atoms with Crippen molar-refractivity contribution in [3.05, 3.63) is 113 Å². The number of hydrogen-bond acceptors (Lipinski definition) is 5. The highest BCUT2D eigenvalue weighted by molar-refractivity contribution is 6.31. The Morgan fingerprint density at radius 2 is 1.80 bits per heavy atom. The fourth-order valence-corrected chi connectivity index (χ4v) is 4.33. The summed E-state index contributed by atoms with van der Waals surface area (Å²) < 4.78 is 17.5. The summed E-state index contributed by atoms with van der Waals surface area (Å²) in [6.45, 7) is 3.04. The molecular formula is C28H25ClN2O4. The first-order chi connectivity index (χ1) is 17.1. The minimum atomic E-state index is -0.430. The summed E-state index contributed by atoms with van der Waals surface area (Å²) in [5.74, 6) is 1.83. The number of ether oxygens (including phenoxy) is 2. The van der Waals surface area contributed by atoms with Crippen molar-refractivity contribution in [2.24, 2.45) is 0 Å². The molecule has 0 radical (unpaired) electrons. The molecule has 178 valence electrons. The first-order valence-corrected chi connectivity index (χ1v) is 11.8. The molecule has 1 unspecified atom stereocenters. The van der Waals surface area contributed by atoms with Crippen molar-refractivity contribution in [3.8, 4) is 11.5 Å². The summed E-state index contributed by atoms with van der Waals surface area (Å²) in [4.78, 5) is 15.3. The fourth-order valence-electron chi connectivity index (χ4n) is 4.14. The van der Waals surface area contributed by atoms with Crippen molar-refractivity contribution in [3.63, 3.8) is 0 Å². The zero-order valence-corrected chi connectivity index (χ0v) is 20.0. The molecule has 1 aliphatic heterocycles. The van der Waals surface area contributed by atoms with Gasteiger partial charge in [-0.05, 0) is 55.0 Å². The van der Waals surface area contributed by atoms with Crippen LogP contribution in [0.3, 0.4) is 0 Å². The number of benzene rings is 3. The molecule has 7 heteroatoms. The summed E-state index contributed by atoms with van der Waals surface area (Å²) >= 11 is 6.32. The summed E-state index contributed by atoms with van der Waals surface area (Å²) in [6, 6.07) is 24.5. The maximum Gasteiger partial charge on any atom is 0.258 e. The molecule has 0 saturated carbocycles. The second-order valence-electron chi connectivity index (χ2n) is 8.12. The van der Waals surface area contributed by atoms with E-state index in [9.17, 15) is 4.79 Å². The van der Waals surface area contributed by atoms with Gasteiger partial charge in [-0.15, -0.1) is 0 Å². The molecule has 1 aromatic heterocycles. The number of amides is 1. The first-order valence-electron chi connectivity index (χ1n) is 11.5. The van der Waals surface area contributed by atoms with Crippen molar-refractivity contribution in [1.82, 2.24) is 4.90 Å². The predicted octanol–water partition coefficient (Wildman–Crippen LogP) is 6.68. The number of halogens is 1. The average Bonchev–Trinajstić information content (AvgIpc) is 3.39. The Hall–Kier alpha value is -3.90. The Morgan fingerprint density at radius 1 is 0.971 bits per heavy atom. The van der Waals surface area contributed by atoms with Crippen LogP contribution in [0.2, 0.25) is 5.02 Å². The van der Waals surface area contributed by atoms with Crippen LogP contribution in [0.4, 0.5) is 5.69 Å². The summed E-state index contributed by atoms with van der Waals surface area (Å²) in [6.07, 6.45) is 1.18. The van der Waals surface area contributed by atoms with Crippen molar-refractivity contribution in [2.75, 3.05) is 11.9 Å². The SMILES string of the molecule is CCOc1ccc(C2Nc3ccccc3C(=O)N2Cc2ccco2)cc1OCc1ccccc1Cl. The molecule has 2 heterocycles. The van der Waals surface area contributed by atoms with E-state index < -0.39 is 6.17 Å². The third-order valence-electron chi connectivity index (χ3n) is 5.85. The lowest BCUT2D eigenvalue weighted by Crippen LogP contribution is -2.42. The standard InChI is InChI=1S/C28H25ClN2O4/c1-2-33-25-14-13-19(16-26(25)35-18-20-8-3-5-11-23(20)29)27-30-24-12-6-4-10-22(24)28(32)31(27)17-21-9-7-15-34-21/h3-16,27,30H,2,17-18H2,1H3.